The molecule has 1 aliphatic carbocycles. The molecule has 27 heavy (non-hydrogen) atoms. The fourth-order valence-corrected chi connectivity index (χ4v) is 4.83. The Hall–Kier alpha value is -1.99. The van der Waals surface area contributed by atoms with Crippen LogP contribution in [0.4, 0.5) is 10.8 Å². The van der Waals surface area contributed by atoms with E-state index in [4.69, 9.17) is 17.0 Å². The first-order valence-corrected chi connectivity index (χ1v) is 10.6. The van der Waals surface area contributed by atoms with Gasteiger partial charge < -0.3 is 15.4 Å². The minimum Gasteiger partial charge on any atom is -0.462 e. The van der Waals surface area contributed by atoms with E-state index in [2.05, 4.69) is 15.6 Å². The number of anilines is 2. The van der Waals surface area contributed by atoms with Crippen LogP contribution in [-0.2, 0) is 17.6 Å². The van der Waals surface area contributed by atoms with Crippen molar-refractivity contribution in [2.75, 3.05) is 17.2 Å². The molecule has 7 heteroatoms. The Bertz CT molecular complexity index is 833. The maximum atomic E-state index is 12.6. The number of carbonyl (C=O) groups is 1. The van der Waals surface area contributed by atoms with Crippen LogP contribution in [0.2, 0.25) is 0 Å². The Balaban J connectivity index is 1.85. The smallest absolute Gasteiger partial charge is 0.341 e. The number of esters is 1. The second-order valence-electron chi connectivity index (χ2n) is 6.64. The summed E-state index contributed by atoms with van der Waals surface area (Å²) < 4.78 is 5.33. The molecule has 0 aromatic carbocycles. The van der Waals surface area contributed by atoms with Gasteiger partial charge in [0.05, 0.1) is 12.2 Å². The molecule has 1 aliphatic rings. The highest BCUT2D eigenvalue weighted by Gasteiger charge is 2.25. The molecule has 0 bridgehead atoms. The molecule has 0 saturated carbocycles. The summed E-state index contributed by atoms with van der Waals surface area (Å²) in [5.41, 5.74) is 2.89. The molecule has 0 saturated heterocycles. The molecule has 144 valence electrons. The first-order chi connectivity index (χ1) is 13.1. The second kappa shape index (κ2) is 9.28. The number of rotatable bonds is 4. The lowest BCUT2D eigenvalue weighted by molar-refractivity contribution is 0.0526. The number of aryl methyl sites for hydroxylation is 2. The van der Waals surface area contributed by atoms with Gasteiger partial charge in [-0.05, 0) is 75.0 Å². The molecule has 2 heterocycles. The van der Waals surface area contributed by atoms with E-state index >= 15 is 0 Å². The van der Waals surface area contributed by atoms with Crippen LogP contribution in [0.25, 0.3) is 0 Å². The molecule has 2 aromatic heterocycles. The Morgan fingerprint density at radius 2 is 2.04 bits per heavy atom. The van der Waals surface area contributed by atoms with Crippen LogP contribution >= 0.6 is 23.6 Å². The third kappa shape index (κ3) is 5.05. The monoisotopic (exact) mass is 403 g/mol. The summed E-state index contributed by atoms with van der Waals surface area (Å²) in [5, 5.41) is 7.50. The molecule has 0 unspecified atom stereocenters. The van der Waals surface area contributed by atoms with Crippen LogP contribution < -0.4 is 10.6 Å². The first-order valence-electron chi connectivity index (χ1n) is 9.40. The molecule has 0 atom stereocenters. The molecule has 0 spiro atoms. The minimum atomic E-state index is -0.269. The van der Waals surface area contributed by atoms with Crippen LogP contribution in [0.15, 0.2) is 18.3 Å². The van der Waals surface area contributed by atoms with E-state index in [0.29, 0.717) is 23.1 Å². The summed E-state index contributed by atoms with van der Waals surface area (Å²) in [6.45, 7) is 4.19. The molecule has 0 fully saturated rings. The lowest BCUT2D eigenvalue weighted by Gasteiger charge is -2.12. The topological polar surface area (TPSA) is 63.2 Å². The van der Waals surface area contributed by atoms with Crippen molar-refractivity contribution >= 4 is 45.5 Å². The van der Waals surface area contributed by atoms with Gasteiger partial charge in [-0.1, -0.05) is 12.8 Å². The average Bonchev–Trinajstić information content (AvgIpc) is 2.91. The van der Waals surface area contributed by atoms with E-state index in [1.165, 1.54) is 17.7 Å². The van der Waals surface area contributed by atoms with Gasteiger partial charge in [-0.15, -0.1) is 11.3 Å². The first kappa shape index (κ1) is 19.8. The average molecular weight is 404 g/mol. The second-order valence-corrected chi connectivity index (χ2v) is 8.15. The number of thiocarbonyl (C=S) groups is 1. The van der Waals surface area contributed by atoms with Crippen molar-refractivity contribution in [2.24, 2.45) is 0 Å². The lowest BCUT2D eigenvalue weighted by Crippen LogP contribution is -2.21. The van der Waals surface area contributed by atoms with Crippen LogP contribution in [0.1, 0.15) is 59.0 Å². The van der Waals surface area contributed by atoms with Gasteiger partial charge in [0.2, 0.25) is 0 Å². The normalized spacial score (nSPS) is 13.9. The minimum absolute atomic E-state index is 0.269. The number of carbonyl (C=O) groups excluding carboxylic acids is 1. The predicted molar refractivity (Wildman–Crippen MR) is 115 cm³/mol. The Morgan fingerprint density at radius 1 is 1.26 bits per heavy atom. The number of hydrogen-bond acceptors (Lipinski definition) is 5. The summed E-state index contributed by atoms with van der Waals surface area (Å²) in [7, 11) is 0. The van der Waals surface area contributed by atoms with E-state index in [1.807, 2.05) is 26.0 Å². The molecule has 2 aromatic rings. The molecule has 3 rings (SSSR count). The number of aromatic nitrogens is 1. The van der Waals surface area contributed by atoms with Gasteiger partial charge in [-0.2, -0.15) is 0 Å². The molecule has 0 aliphatic heterocycles. The summed E-state index contributed by atoms with van der Waals surface area (Å²) >= 11 is 7.08. The van der Waals surface area contributed by atoms with Crippen LogP contribution in [-0.4, -0.2) is 22.7 Å². The number of nitrogens with one attached hydrogen (secondary N) is 2. The Kier molecular flexibility index (Phi) is 6.79. The van der Waals surface area contributed by atoms with Gasteiger partial charge in [0.15, 0.2) is 5.11 Å². The van der Waals surface area contributed by atoms with Crippen molar-refractivity contribution in [1.82, 2.24) is 4.98 Å². The predicted octanol–water partition coefficient (Wildman–Crippen LogP) is 5.10. The molecule has 5 nitrogen and oxygen atoms in total. The lowest BCUT2D eigenvalue weighted by atomic mass is 9.96. The van der Waals surface area contributed by atoms with Gasteiger partial charge in [0.1, 0.15) is 10.8 Å². The largest absolute Gasteiger partial charge is 0.462 e. The zero-order valence-electron chi connectivity index (χ0n) is 15.8. The van der Waals surface area contributed by atoms with Gasteiger partial charge in [0, 0.05) is 11.1 Å². The van der Waals surface area contributed by atoms with Crippen molar-refractivity contribution in [3.8, 4) is 0 Å². The van der Waals surface area contributed by atoms with Crippen molar-refractivity contribution in [3.63, 3.8) is 0 Å². The van der Waals surface area contributed by atoms with Crippen LogP contribution in [0, 0.1) is 6.92 Å². The number of thiophene rings is 1. The Morgan fingerprint density at radius 3 is 2.78 bits per heavy atom. The molecular formula is C20H25N3O2S2. The maximum Gasteiger partial charge on any atom is 0.341 e. The number of ether oxygens (including phenoxy) is 1. The maximum absolute atomic E-state index is 12.6. The molecule has 0 radical (unpaired) electrons. The van der Waals surface area contributed by atoms with E-state index in [9.17, 15) is 4.79 Å². The quantitative estimate of drug-likeness (QED) is 0.547. The van der Waals surface area contributed by atoms with Crippen molar-refractivity contribution in [2.45, 2.75) is 52.4 Å². The summed E-state index contributed by atoms with van der Waals surface area (Å²) in [5.74, 6) is 0.412. The highest BCUT2D eigenvalue weighted by Crippen LogP contribution is 2.37. The van der Waals surface area contributed by atoms with Gasteiger partial charge >= 0.3 is 5.97 Å². The number of pyridine rings is 1. The van der Waals surface area contributed by atoms with Crippen LogP contribution in [0.5, 0.6) is 0 Å². The number of hydrogen-bond donors (Lipinski definition) is 2. The van der Waals surface area contributed by atoms with Gasteiger partial charge in [-0.25, -0.2) is 9.78 Å². The summed E-state index contributed by atoms with van der Waals surface area (Å²) in [6.07, 6.45) is 8.37. The van der Waals surface area contributed by atoms with E-state index < -0.39 is 0 Å². The van der Waals surface area contributed by atoms with Crippen LogP contribution in [0.3, 0.4) is 0 Å². The van der Waals surface area contributed by atoms with E-state index in [1.54, 1.807) is 17.5 Å². The third-order valence-electron chi connectivity index (χ3n) is 4.53. The summed E-state index contributed by atoms with van der Waals surface area (Å²) in [4.78, 5) is 18.2. The highest BCUT2D eigenvalue weighted by molar-refractivity contribution is 7.80. The molecule has 2 N–H and O–H groups in total. The zero-order valence-corrected chi connectivity index (χ0v) is 17.4. The van der Waals surface area contributed by atoms with Crippen molar-refractivity contribution in [3.05, 3.63) is 39.9 Å². The molecule has 0 amide bonds. The van der Waals surface area contributed by atoms with E-state index in [-0.39, 0.29) is 5.97 Å². The zero-order chi connectivity index (χ0) is 19.2. The highest BCUT2D eigenvalue weighted by atomic mass is 32.1. The molecular weight excluding hydrogens is 378 g/mol. The fraction of sp³-hybridized carbons (Fsp3) is 0.450. The van der Waals surface area contributed by atoms with Gasteiger partial charge in [-0.3, -0.25) is 0 Å². The van der Waals surface area contributed by atoms with Gasteiger partial charge in [0.25, 0.3) is 0 Å². The SMILES string of the molecule is CCOC(=O)c1c(NC(=S)Nc2cc(C)ccn2)sc2c1CCCCCC2. The number of nitrogens with zero attached hydrogens (tertiary/aromatic N) is 1. The fourth-order valence-electron chi connectivity index (χ4n) is 3.28. The number of fused-ring (bicyclic) bond motifs is 1. The standard InChI is InChI=1S/C20H25N3O2S2/c1-3-25-19(24)17-14-8-6-4-5-7-9-15(14)27-18(17)23-20(26)22-16-12-13(2)10-11-21-16/h10-12H,3-9H2,1-2H3,(H2,21,22,23,26). The van der Waals surface area contributed by atoms with E-state index in [0.717, 1.165) is 41.8 Å². The van der Waals surface area contributed by atoms with Crippen molar-refractivity contribution < 1.29 is 9.53 Å². The Labute approximate surface area is 169 Å². The van der Waals surface area contributed by atoms with Crippen molar-refractivity contribution in [1.29, 1.82) is 0 Å². The third-order valence-corrected chi connectivity index (χ3v) is 5.95. The summed E-state index contributed by atoms with van der Waals surface area (Å²) in [6, 6.07) is 3.85.